The molecule has 0 unspecified atom stereocenters. The lowest BCUT2D eigenvalue weighted by atomic mass is 9.93. The van der Waals surface area contributed by atoms with E-state index in [1.807, 2.05) is 6.92 Å². The molecule has 116 valence electrons. The Morgan fingerprint density at radius 3 is 2.53 bits per heavy atom. The molecule has 0 amide bonds. The summed E-state index contributed by atoms with van der Waals surface area (Å²) in [7, 11) is 4.14. The van der Waals surface area contributed by atoms with Gasteiger partial charge in [0.2, 0.25) is 0 Å². The SMILES string of the molecule is CCOCCCNC(N)=NCC(C)(C)CN(C)C.I. The maximum Gasteiger partial charge on any atom is 0.188 e. The summed E-state index contributed by atoms with van der Waals surface area (Å²) < 4.78 is 5.25. The van der Waals surface area contributed by atoms with Gasteiger partial charge in [0, 0.05) is 32.8 Å². The molecule has 19 heavy (non-hydrogen) atoms. The molecule has 0 bridgehead atoms. The van der Waals surface area contributed by atoms with Crippen LogP contribution >= 0.6 is 24.0 Å². The first-order chi connectivity index (χ1) is 8.37. The normalized spacial score (nSPS) is 12.4. The van der Waals surface area contributed by atoms with Crippen LogP contribution in [0.4, 0.5) is 0 Å². The van der Waals surface area contributed by atoms with Crippen molar-refractivity contribution in [1.82, 2.24) is 10.2 Å². The highest BCUT2D eigenvalue weighted by molar-refractivity contribution is 14.0. The van der Waals surface area contributed by atoms with Crippen LogP contribution in [-0.2, 0) is 4.74 Å². The average molecular weight is 386 g/mol. The number of nitrogens with zero attached hydrogens (tertiary/aromatic N) is 2. The molecule has 0 aliphatic carbocycles. The molecule has 6 heteroatoms. The van der Waals surface area contributed by atoms with Gasteiger partial charge in [-0.2, -0.15) is 0 Å². The zero-order chi connectivity index (χ0) is 14.0. The van der Waals surface area contributed by atoms with Crippen LogP contribution in [0.3, 0.4) is 0 Å². The largest absolute Gasteiger partial charge is 0.382 e. The number of nitrogens with one attached hydrogen (secondary N) is 1. The Balaban J connectivity index is 0. The molecular weight excluding hydrogens is 355 g/mol. The summed E-state index contributed by atoms with van der Waals surface area (Å²) in [5.74, 6) is 0.526. The molecule has 0 aliphatic heterocycles. The average Bonchev–Trinajstić information content (AvgIpc) is 2.24. The first kappa shape index (κ1) is 21.2. The van der Waals surface area contributed by atoms with Crippen LogP contribution in [0.2, 0.25) is 0 Å². The highest BCUT2D eigenvalue weighted by Crippen LogP contribution is 2.15. The van der Waals surface area contributed by atoms with Crippen molar-refractivity contribution in [2.75, 3.05) is 46.9 Å². The lowest BCUT2D eigenvalue weighted by molar-refractivity contribution is 0.145. The van der Waals surface area contributed by atoms with E-state index >= 15 is 0 Å². The predicted molar refractivity (Wildman–Crippen MR) is 93.4 cm³/mol. The van der Waals surface area contributed by atoms with Crippen LogP contribution in [0.25, 0.3) is 0 Å². The monoisotopic (exact) mass is 386 g/mol. The zero-order valence-corrected chi connectivity index (χ0v) is 15.4. The van der Waals surface area contributed by atoms with Gasteiger partial charge in [-0.25, -0.2) is 0 Å². The fraction of sp³-hybridized carbons (Fsp3) is 0.923. The van der Waals surface area contributed by atoms with Gasteiger partial charge in [0.25, 0.3) is 0 Å². The van der Waals surface area contributed by atoms with Crippen molar-refractivity contribution in [2.45, 2.75) is 27.2 Å². The smallest absolute Gasteiger partial charge is 0.188 e. The van der Waals surface area contributed by atoms with E-state index in [9.17, 15) is 0 Å². The molecule has 0 aromatic heterocycles. The van der Waals surface area contributed by atoms with E-state index in [4.69, 9.17) is 10.5 Å². The van der Waals surface area contributed by atoms with E-state index < -0.39 is 0 Å². The van der Waals surface area contributed by atoms with Crippen molar-refractivity contribution >= 4 is 29.9 Å². The van der Waals surface area contributed by atoms with Crippen molar-refractivity contribution in [3.8, 4) is 0 Å². The van der Waals surface area contributed by atoms with E-state index in [0.29, 0.717) is 5.96 Å². The Bertz CT molecular complexity index is 245. The van der Waals surface area contributed by atoms with E-state index in [0.717, 1.165) is 39.3 Å². The molecule has 3 N–H and O–H groups in total. The summed E-state index contributed by atoms with van der Waals surface area (Å²) in [4.78, 5) is 6.55. The molecule has 0 saturated heterocycles. The van der Waals surface area contributed by atoms with Crippen LogP contribution in [0.5, 0.6) is 0 Å². The zero-order valence-electron chi connectivity index (χ0n) is 13.0. The third-order valence-electron chi connectivity index (χ3n) is 2.40. The van der Waals surface area contributed by atoms with Crippen LogP contribution < -0.4 is 11.1 Å². The van der Waals surface area contributed by atoms with E-state index in [1.165, 1.54) is 0 Å². The quantitative estimate of drug-likeness (QED) is 0.273. The van der Waals surface area contributed by atoms with Crippen molar-refractivity contribution < 1.29 is 4.74 Å². The minimum absolute atomic E-state index is 0. The molecule has 5 nitrogen and oxygen atoms in total. The van der Waals surface area contributed by atoms with Crippen molar-refractivity contribution in [2.24, 2.45) is 16.1 Å². The number of hydrogen-bond acceptors (Lipinski definition) is 3. The molecule has 0 atom stereocenters. The van der Waals surface area contributed by atoms with Gasteiger partial charge in [0.05, 0.1) is 0 Å². The summed E-state index contributed by atoms with van der Waals surface area (Å²) >= 11 is 0. The molecular formula is C13H31IN4O. The van der Waals surface area contributed by atoms with Gasteiger partial charge in [-0.1, -0.05) is 13.8 Å². The Labute approximate surface area is 135 Å². The maximum absolute atomic E-state index is 5.81. The lowest BCUT2D eigenvalue weighted by Crippen LogP contribution is -2.36. The summed E-state index contributed by atoms with van der Waals surface area (Å²) in [6.07, 6.45) is 0.950. The summed E-state index contributed by atoms with van der Waals surface area (Å²) in [5.41, 5.74) is 5.95. The lowest BCUT2D eigenvalue weighted by Gasteiger charge is -2.26. The number of halogens is 1. The highest BCUT2D eigenvalue weighted by atomic mass is 127. The van der Waals surface area contributed by atoms with E-state index in [1.54, 1.807) is 0 Å². The second-order valence-corrected chi connectivity index (χ2v) is 5.58. The molecule has 0 aliphatic rings. The molecule has 0 fully saturated rings. The number of aliphatic imine (C=N–C) groups is 1. The number of rotatable bonds is 9. The standard InChI is InChI=1S/C13H30N4O.HI/c1-6-18-9-7-8-15-12(14)16-10-13(2,3)11-17(4)5;/h6-11H2,1-5H3,(H3,14,15,16);1H. The fourth-order valence-electron chi connectivity index (χ4n) is 1.80. The van der Waals surface area contributed by atoms with Crippen molar-refractivity contribution in [3.05, 3.63) is 0 Å². The molecule has 0 rings (SSSR count). The number of nitrogens with two attached hydrogens (primary N) is 1. The number of ether oxygens (including phenoxy) is 1. The summed E-state index contributed by atoms with van der Waals surface area (Å²) in [6.45, 7) is 10.5. The highest BCUT2D eigenvalue weighted by Gasteiger charge is 2.18. The third kappa shape index (κ3) is 14.1. The van der Waals surface area contributed by atoms with Gasteiger partial charge in [-0.05, 0) is 32.9 Å². The van der Waals surface area contributed by atoms with Crippen molar-refractivity contribution in [3.63, 3.8) is 0 Å². The molecule has 0 aromatic rings. The molecule has 0 saturated carbocycles. The minimum atomic E-state index is 0. The molecule has 0 spiro atoms. The Morgan fingerprint density at radius 1 is 1.37 bits per heavy atom. The van der Waals surface area contributed by atoms with Gasteiger partial charge < -0.3 is 20.7 Å². The third-order valence-corrected chi connectivity index (χ3v) is 2.40. The Hall–Kier alpha value is -0.0800. The maximum atomic E-state index is 5.81. The second-order valence-electron chi connectivity index (χ2n) is 5.58. The van der Waals surface area contributed by atoms with Crippen LogP contribution in [-0.4, -0.2) is 57.8 Å². The summed E-state index contributed by atoms with van der Waals surface area (Å²) in [5, 5.41) is 3.10. The van der Waals surface area contributed by atoms with E-state index in [-0.39, 0.29) is 29.4 Å². The Morgan fingerprint density at radius 2 is 2.00 bits per heavy atom. The molecule has 0 aromatic carbocycles. The number of hydrogen-bond donors (Lipinski definition) is 2. The first-order valence-electron chi connectivity index (χ1n) is 6.63. The molecule has 0 radical (unpaired) electrons. The molecule has 0 heterocycles. The Kier molecular flexibility index (Phi) is 13.1. The van der Waals surface area contributed by atoms with E-state index in [2.05, 4.69) is 43.2 Å². The second kappa shape index (κ2) is 11.7. The van der Waals surface area contributed by atoms with Gasteiger partial charge >= 0.3 is 0 Å². The van der Waals surface area contributed by atoms with Crippen LogP contribution in [0.1, 0.15) is 27.2 Å². The predicted octanol–water partition coefficient (Wildman–Crippen LogP) is 1.52. The summed E-state index contributed by atoms with van der Waals surface area (Å²) in [6, 6.07) is 0. The van der Waals surface area contributed by atoms with Gasteiger partial charge in [-0.15, -0.1) is 24.0 Å². The van der Waals surface area contributed by atoms with Crippen LogP contribution in [0, 0.1) is 5.41 Å². The topological polar surface area (TPSA) is 62.9 Å². The van der Waals surface area contributed by atoms with Gasteiger partial charge in [-0.3, -0.25) is 4.99 Å². The number of guanidine groups is 1. The van der Waals surface area contributed by atoms with Crippen LogP contribution in [0.15, 0.2) is 4.99 Å². The van der Waals surface area contributed by atoms with Gasteiger partial charge in [0.15, 0.2) is 5.96 Å². The fourth-order valence-corrected chi connectivity index (χ4v) is 1.80. The van der Waals surface area contributed by atoms with Gasteiger partial charge in [0.1, 0.15) is 0 Å². The first-order valence-corrected chi connectivity index (χ1v) is 6.63. The van der Waals surface area contributed by atoms with Crippen molar-refractivity contribution in [1.29, 1.82) is 0 Å². The minimum Gasteiger partial charge on any atom is -0.382 e.